The molecule has 1 saturated carbocycles. The van der Waals surface area contributed by atoms with E-state index < -0.39 is 0 Å². The quantitative estimate of drug-likeness (QED) is 0.449. The lowest BCUT2D eigenvalue weighted by Crippen LogP contribution is -2.46. The highest BCUT2D eigenvalue weighted by Crippen LogP contribution is 2.51. The van der Waals surface area contributed by atoms with Gasteiger partial charge in [-0.1, -0.05) is 0 Å². The van der Waals surface area contributed by atoms with Crippen molar-refractivity contribution < 1.29 is 0 Å². The first kappa shape index (κ1) is 19.4. The normalized spacial score (nSPS) is 19.9. The van der Waals surface area contributed by atoms with Crippen molar-refractivity contribution in [2.75, 3.05) is 0 Å². The molecule has 5 aromatic rings. The lowest BCUT2D eigenvalue weighted by molar-refractivity contribution is 0.0965. The highest BCUT2D eigenvalue weighted by atomic mass is 15.3. The van der Waals surface area contributed by atoms with Gasteiger partial charge in [0, 0.05) is 54.4 Å². The van der Waals surface area contributed by atoms with Crippen molar-refractivity contribution in [2.24, 2.45) is 7.05 Å². The van der Waals surface area contributed by atoms with Crippen molar-refractivity contribution in [1.82, 2.24) is 39.7 Å². The Kier molecular flexibility index (Phi) is 4.33. The van der Waals surface area contributed by atoms with Gasteiger partial charge in [0.1, 0.15) is 11.4 Å². The molecule has 0 atom stereocenters. The molecule has 1 fully saturated rings. The number of hydrogen-bond acceptors (Lipinski definition) is 6. The van der Waals surface area contributed by atoms with Crippen molar-refractivity contribution in [3.8, 4) is 28.7 Å². The van der Waals surface area contributed by atoms with Gasteiger partial charge in [0.25, 0.3) is 0 Å². The Morgan fingerprint density at radius 2 is 2.12 bits per heavy atom. The summed E-state index contributed by atoms with van der Waals surface area (Å²) < 4.78 is 3.88. The zero-order chi connectivity index (χ0) is 22.4. The Morgan fingerprint density at radius 3 is 2.88 bits per heavy atom. The van der Waals surface area contributed by atoms with Gasteiger partial charge >= 0.3 is 0 Å². The fourth-order valence-electron chi connectivity index (χ4n) is 4.93. The van der Waals surface area contributed by atoms with Crippen molar-refractivity contribution in [1.29, 1.82) is 5.26 Å². The minimum absolute atomic E-state index is 0.321. The number of aryl methyl sites for hydroxylation is 1. The van der Waals surface area contributed by atoms with Crippen LogP contribution in [0.3, 0.4) is 0 Å². The molecule has 5 heterocycles. The van der Waals surface area contributed by atoms with Gasteiger partial charge in [-0.3, -0.25) is 19.4 Å². The maximum atomic E-state index is 9.57. The molecule has 5 aromatic heterocycles. The summed E-state index contributed by atoms with van der Waals surface area (Å²) >= 11 is 0. The molecule has 1 aliphatic carbocycles. The maximum absolute atomic E-state index is 9.57. The SMILES string of the molecule is Cn1nccc1[C@H]1C[C@](CC#N)(n2ccc(-c3nc(-c4cn[nH]c4)cc4ncccc34)n2)C1. The van der Waals surface area contributed by atoms with Gasteiger partial charge in [-0.25, -0.2) is 4.98 Å². The van der Waals surface area contributed by atoms with E-state index in [1.54, 1.807) is 12.4 Å². The van der Waals surface area contributed by atoms with Crippen LogP contribution in [-0.4, -0.2) is 39.7 Å². The van der Waals surface area contributed by atoms with E-state index in [4.69, 9.17) is 10.1 Å². The minimum Gasteiger partial charge on any atom is -0.285 e. The van der Waals surface area contributed by atoms with E-state index in [-0.39, 0.29) is 5.54 Å². The molecule has 33 heavy (non-hydrogen) atoms. The number of fused-ring (bicyclic) bond motifs is 1. The van der Waals surface area contributed by atoms with Crippen molar-refractivity contribution in [3.05, 3.63) is 67.0 Å². The van der Waals surface area contributed by atoms with Gasteiger partial charge in [0.2, 0.25) is 0 Å². The first-order valence-electron chi connectivity index (χ1n) is 10.8. The monoisotopic (exact) mass is 435 g/mol. The fourth-order valence-corrected chi connectivity index (χ4v) is 4.93. The van der Waals surface area contributed by atoms with Gasteiger partial charge in [0.15, 0.2) is 0 Å². The third-order valence-corrected chi connectivity index (χ3v) is 6.65. The first-order chi connectivity index (χ1) is 16.2. The molecule has 0 amide bonds. The molecule has 0 radical (unpaired) electrons. The van der Waals surface area contributed by atoms with Gasteiger partial charge in [0.05, 0.1) is 35.4 Å². The Morgan fingerprint density at radius 1 is 1.21 bits per heavy atom. The highest BCUT2D eigenvalue weighted by Gasteiger charge is 2.48. The number of nitrogens with one attached hydrogen (secondary N) is 1. The minimum atomic E-state index is -0.321. The molecule has 162 valence electrons. The maximum Gasteiger partial charge on any atom is 0.111 e. The van der Waals surface area contributed by atoms with Gasteiger partial charge in [-0.15, -0.1) is 0 Å². The summed E-state index contributed by atoms with van der Waals surface area (Å²) in [7, 11) is 1.96. The lowest BCUT2D eigenvalue weighted by atomic mass is 9.65. The molecule has 1 N–H and O–H groups in total. The highest BCUT2D eigenvalue weighted by molar-refractivity contribution is 5.93. The van der Waals surface area contributed by atoms with E-state index >= 15 is 0 Å². The lowest BCUT2D eigenvalue weighted by Gasteiger charge is -2.46. The van der Waals surface area contributed by atoms with Crippen LogP contribution in [0, 0.1) is 11.3 Å². The topological polar surface area (TPSA) is 114 Å². The summed E-state index contributed by atoms with van der Waals surface area (Å²) in [5.74, 6) is 0.367. The Hall–Kier alpha value is -4.32. The molecule has 0 aromatic carbocycles. The zero-order valence-electron chi connectivity index (χ0n) is 18.0. The van der Waals surface area contributed by atoms with E-state index in [0.717, 1.165) is 46.4 Å². The average Bonchev–Trinajstić information content (AvgIpc) is 3.57. The van der Waals surface area contributed by atoms with Crippen LogP contribution in [0.15, 0.2) is 61.3 Å². The summed E-state index contributed by atoms with van der Waals surface area (Å²) in [5, 5.41) is 26.6. The van der Waals surface area contributed by atoms with Crippen LogP contribution in [-0.2, 0) is 12.6 Å². The largest absolute Gasteiger partial charge is 0.285 e. The van der Waals surface area contributed by atoms with Crippen molar-refractivity contribution in [3.63, 3.8) is 0 Å². The van der Waals surface area contributed by atoms with Crippen LogP contribution in [0.2, 0.25) is 0 Å². The molecule has 0 bridgehead atoms. The number of H-pyrrole nitrogens is 1. The van der Waals surface area contributed by atoms with Crippen molar-refractivity contribution >= 4 is 10.9 Å². The second kappa shape index (κ2) is 7.38. The Labute approximate surface area is 189 Å². The molecule has 9 nitrogen and oxygen atoms in total. The van der Waals surface area contributed by atoms with E-state index in [0.29, 0.717) is 12.3 Å². The molecular formula is C24H21N9. The second-order valence-corrected chi connectivity index (χ2v) is 8.60. The van der Waals surface area contributed by atoms with Crippen LogP contribution >= 0.6 is 0 Å². The van der Waals surface area contributed by atoms with Gasteiger partial charge in [-0.05, 0) is 43.2 Å². The number of aromatic amines is 1. The molecular weight excluding hydrogens is 414 g/mol. The summed E-state index contributed by atoms with van der Waals surface area (Å²) in [5.41, 5.74) is 4.93. The number of hydrogen-bond donors (Lipinski definition) is 1. The van der Waals surface area contributed by atoms with Crippen LogP contribution in [0.5, 0.6) is 0 Å². The average molecular weight is 435 g/mol. The molecule has 6 rings (SSSR count). The molecule has 9 heteroatoms. The summed E-state index contributed by atoms with van der Waals surface area (Å²) in [6.07, 6.45) is 11.2. The number of pyridine rings is 2. The van der Waals surface area contributed by atoms with E-state index in [1.807, 2.05) is 59.3 Å². The summed E-state index contributed by atoms with van der Waals surface area (Å²) in [6.45, 7) is 0. The Bertz CT molecular complexity index is 1480. The fraction of sp³-hybridized carbons (Fsp3) is 0.250. The van der Waals surface area contributed by atoms with E-state index in [2.05, 4.69) is 32.4 Å². The zero-order valence-corrected chi connectivity index (χ0v) is 18.0. The summed E-state index contributed by atoms with van der Waals surface area (Å²) in [4.78, 5) is 9.45. The van der Waals surface area contributed by atoms with Gasteiger partial charge in [-0.2, -0.15) is 20.6 Å². The summed E-state index contributed by atoms with van der Waals surface area (Å²) in [6, 6.07) is 12.3. The van der Waals surface area contributed by atoms with Crippen LogP contribution in [0.4, 0.5) is 0 Å². The van der Waals surface area contributed by atoms with Crippen LogP contribution in [0.1, 0.15) is 30.9 Å². The van der Waals surface area contributed by atoms with Crippen LogP contribution in [0.25, 0.3) is 33.5 Å². The number of nitrogens with zero attached hydrogens (tertiary/aromatic N) is 8. The van der Waals surface area contributed by atoms with Crippen molar-refractivity contribution in [2.45, 2.75) is 30.7 Å². The smallest absolute Gasteiger partial charge is 0.111 e. The van der Waals surface area contributed by atoms with Gasteiger partial charge < -0.3 is 0 Å². The third kappa shape index (κ3) is 3.10. The second-order valence-electron chi connectivity index (χ2n) is 8.60. The van der Waals surface area contributed by atoms with E-state index in [9.17, 15) is 5.26 Å². The molecule has 0 aliphatic heterocycles. The molecule has 0 saturated heterocycles. The number of nitriles is 1. The predicted molar refractivity (Wildman–Crippen MR) is 122 cm³/mol. The standard InChI is InChI=1S/C24H21N9/c1-32-22(4-9-29-32)16-12-24(13-16,6-7-25)33-10-5-19(31-33)23-18-3-2-8-26-21(18)11-20(30-23)17-14-27-28-15-17/h2-5,8-11,14-16H,6,12-13H2,1H3,(H,27,28)/t16-,24-. The number of rotatable bonds is 5. The molecule has 0 unspecified atom stereocenters. The first-order valence-corrected chi connectivity index (χ1v) is 10.8. The van der Waals surface area contributed by atoms with E-state index in [1.165, 1.54) is 5.69 Å². The molecule has 1 aliphatic rings. The third-order valence-electron chi connectivity index (χ3n) is 6.65. The predicted octanol–water partition coefficient (Wildman–Crippen LogP) is 3.80. The number of aromatic nitrogens is 8. The van der Waals surface area contributed by atoms with Crippen LogP contribution < -0.4 is 0 Å². The molecule has 0 spiro atoms. The Balaban J connectivity index is 1.40.